The first-order valence-electron chi connectivity index (χ1n) is 10.5. The lowest BCUT2D eigenvalue weighted by atomic mass is 9.77. The highest BCUT2D eigenvalue weighted by Crippen LogP contribution is 2.45. The fraction of sp³-hybridized carbons (Fsp3) is 0.375. The number of alkyl halides is 2. The molecule has 0 amide bonds. The Bertz CT molecular complexity index is 1170. The number of fused-ring (bicyclic) bond motifs is 1. The summed E-state index contributed by atoms with van der Waals surface area (Å²) in [5.74, 6) is -3.39. The molecule has 0 bridgehead atoms. The van der Waals surface area contributed by atoms with Crippen LogP contribution < -0.4 is 15.0 Å². The van der Waals surface area contributed by atoms with Gasteiger partial charge in [-0.05, 0) is 12.1 Å². The second-order valence-electron chi connectivity index (χ2n) is 8.77. The van der Waals surface area contributed by atoms with E-state index in [1.165, 1.54) is 12.1 Å². The van der Waals surface area contributed by atoms with Crippen LogP contribution in [-0.2, 0) is 17.2 Å². The Morgan fingerprint density at radius 1 is 1.22 bits per heavy atom. The molecule has 0 aliphatic carbocycles. The van der Waals surface area contributed by atoms with Gasteiger partial charge in [0.15, 0.2) is 0 Å². The number of rotatable bonds is 6. The molecule has 8 heteroatoms. The molecule has 2 saturated heterocycles. The molecule has 32 heavy (non-hydrogen) atoms. The van der Waals surface area contributed by atoms with Crippen LogP contribution in [0, 0.1) is 11.2 Å². The SMILES string of the molecule is COc1cc2nccc(NCc3cccc(C(C)(F)F)c3F)c2cc1N1CC2(COC2)C1. The first-order chi connectivity index (χ1) is 15.3. The van der Waals surface area contributed by atoms with Gasteiger partial charge in [-0.25, -0.2) is 13.2 Å². The first-order valence-corrected chi connectivity index (χ1v) is 10.5. The number of halogens is 3. The topological polar surface area (TPSA) is 46.6 Å². The van der Waals surface area contributed by atoms with Gasteiger partial charge in [0.1, 0.15) is 11.6 Å². The Labute approximate surface area is 184 Å². The van der Waals surface area contributed by atoms with Crippen molar-refractivity contribution in [2.45, 2.75) is 19.4 Å². The number of pyridine rings is 1. The van der Waals surface area contributed by atoms with E-state index in [2.05, 4.69) is 15.2 Å². The van der Waals surface area contributed by atoms with Crippen molar-refractivity contribution in [3.63, 3.8) is 0 Å². The van der Waals surface area contributed by atoms with Gasteiger partial charge in [0, 0.05) is 55.5 Å². The lowest BCUT2D eigenvalue weighted by Crippen LogP contribution is -2.66. The van der Waals surface area contributed by atoms with E-state index in [9.17, 15) is 13.2 Å². The van der Waals surface area contributed by atoms with Crippen LogP contribution in [0.15, 0.2) is 42.6 Å². The molecule has 2 aliphatic rings. The number of benzene rings is 2. The molecular formula is C24H24F3N3O2. The maximum Gasteiger partial charge on any atom is 0.273 e. The van der Waals surface area contributed by atoms with E-state index in [4.69, 9.17) is 9.47 Å². The molecule has 5 nitrogen and oxygen atoms in total. The van der Waals surface area contributed by atoms with Crippen LogP contribution in [0.1, 0.15) is 18.1 Å². The van der Waals surface area contributed by atoms with Crippen LogP contribution in [0.2, 0.25) is 0 Å². The molecule has 2 aromatic carbocycles. The minimum atomic E-state index is -3.24. The lowest BCUT2D eigenvalue weighted by Gasteiger charge is -2.56. The summed E-state index contributed by atoms with van der Waals surface area (Å²) in [6, 6.07) is 9.78. The van der Waals surface area contributed by atoms with Gasteiger partial charge in [-0.3, -0.25) is 4.98 Å². The van der Waals surface area contributed by atoms with Crippen LogP contribution in [0.4, 0.5) is 24.5 Å². The molecule has 5 rings (SSSR count). The summed E-state index contributed by atoms with van der Waals surface area (Å²) < 4.78 is 53.0. The van der Waals surface area contributed by atoms with Crippen LogP contribution in [-0.4, -0.2) is 38.4 Å². The third kappa shape index (κ3) is 3.52. The number of nitrogens with one attached hydrogen (secondary N) is 1. The fourth-order valence-corrected chi connectivity index (χ4v) is 4.48. The minimum absolute atomic E-state index is 0.0698. The largest absolute Gasteiger partial charge is 0.495 e. The van der Waals surface area contributed by atoms with Gasteiger partial charge in [-0.2, -0.15) is 0 Å². The molecular weight excluding hydrogens is 419 g/mol. The molecule has 0 saturated carbocycles. The zero-order valence-electron chi connectivity index (χ0n) is 17.9. The van der Waals surface area contributed by atoms with Crippen LogP contribution in [0.5, 0.6) is 5.75 Å². The average molecular weight is 443 g/mol. The molecule has 1 aromatic heterocycles. The van der Waals surface area contributed by atoms with E-state index in [0.717, 1.165) is 60.4 Å². The molecule has 2 aliphatic heterocycles. The number of aromatic nitrogens is 1. The molecule has 3 aromatic rings. The summed E-state index contributed by atoms with van der Waals surface area (Å²) in [6.45, 7) is 4.15. The summed E-state index contributed by atoms with van der Waals surface area (Å²) in [4.78, 5) is 6.69. The third-order valence-electron chi connectivity index (χ3n) is 6.27. The number of nitrogens with zero attached hydrogens (tertiary/aromatic N) is 2. The summed E-state index contributed by atoms with van der Waals surface area (Å²) in [6.07, 6.45) is 1.65. The molecule has 0 unspecified atom stereocenters. The Hall–Kier alpha value is -3.00. The highest BCUT2D eigenvalue weighted by Gasteiger charge is 2.49. The predicted molar refractivity (Wildman–Crippen MR) is 117 cm³/mol. The normalized spacial score (nSPS) is 17.2. The standard InChI is InChI=1S/C24H24F3N3O2/c1-23(26,27)17-5-3-4-15(22(17)25)10-29-18-6-7-28-19-9-21(31-2)20(8-16(18)19)30-11-24(12-30)13-32-14-24/h3-9H,10-14H2,1-2H3,(H,28,29). The van der Waals surface area contributed by atoms with Crippen molar-refractivity contribution in [2.75, 3.05) is 43.6 Å². The van der Waals surface area contributed by atoms with Crippen molar-refractivity contribution in [3.8, 4) is 5.75 Å². The van der Waals surface area contributed by atoms with Crippen LogP contribution in [0.3, 0.4) is 0 Å². The first kappa shape index (κ1) is 20.9. The highest BCUT2D eigenvalue weighted by atomic mass is 19.3. The van der Waals surface area contributed by atoms with E-state index >= 15 is 0 Å². The summed E-state index contributed by atoms with van der Waals surface area (Å²) in [7, 11) is 1.63. The van der Waals surface area contributed by atoms with E-state index in [1.807, 2.05) is 12.1 Å². The number of hydrogen-bond acceptors (Lipinski definition) is 5. The maximum absolute atomic E-state index is 14.7. The second kappa shape index (κ2) is 7.55. The Balaban J connectivity index is 1.44. The average Bonchev–Trinajstić information content (AvgIpc) is 2.69. The Morgan fingerprint density at radius 2 is 2.00 bits per heavy atom. The monoisotopic (exact) mass is 443 g/mol. The van der Waals surface area contributed by atoms with E-state index in [-0.39, 0.29) is 17.5 Å². The number of hydrogen-bond donors (Lipinski definition) is 1. The summed E-state index contributed by atoms with van der Waals surface area (Å²) in [5.41, 5.74) is 2.26. The minimum Gasteiger partial charge on any atom is -0.495 e. The van der Waals surface area contributed by atoms with Gasteiger partial charge in [0.05, 0.1) is 42.5 Å². The van der Waals surface area contributed by atoms with Gasteiger partial charge in [0.25, 0.3) is 5.92 Å². The molecule has 1 N–H and O–H groups in total. The van der Waals surface area contributed by atoms with E-state index < -0.39 is 17.3 Å². The van der Waals surface area contributed by atoms with Gasteiger partial charge in [-0.15, -0.1) is 0 Å². The number of anilines is 2. The van der Waals surface area contributed by atoms with Gasteiger partial charge < -0.3 is 19.7 Å². The van der Waals surface area contributed by atoms with E-state index in [1.54, 1.807) is 19.4 Å². The van der Waals surface area contributed by atoms with Crippen molar-refractivity contribution < 1.29 is 22.6 Å². The second-order valence-corrected chi connectivity index (χ2v) is 8.77. The molecule has 1 spiro atoms. The number of ether oxygens (including phenoxy) is 2. The maximum atomic E-state index is 14.7. The fourth-order valence-electron chi connectivity index (χ4n) is 4.48. The van der Waals surface area contributed by atoms with Crippen molar-refractivity contribution in [1.29, 1.82) is 0 Å². The highest BCUT2D eigenvalue weighted by molar-refractivity contribution is 5.95. The quantitative estimate of drug-likeness (QED) is 0.585. The third-order valence-corrected chi connectivity index (χ3v) is 6.27. The van der Waals surface area contributed by atoms with Crippen molar-refractivity contribution >= 4 is 22.3 Å². The zero-order chi connectivity index (χ0) is 22.5. The van der Waals surface area contributed by atoms with Crippen molar-refractivity contribution in [1.82, 2.24) is 4.98 Å². The van der Waals surface area contributed by atoms with Crippen LogP contribution >= 0.6 is 0 Å². The molecule has 0 radical (unpaired) electrons. The Morgan fingerprint density at radius 3 is 2.66 bits per heavy atom. The molecule has 168 valence electrons. The van der Waals surface area contributed by atoms with Gasteiger partial charge >= 0.3 is 0 Å². The summed E-state index contributed by atoms with van der Waals surface area (Å²) in [5, 5.41) is 4.05. The summed E-state index contributed by atoms with van der Waals surface area (Å²) >= 11 is 0. The zero-order valence-corrected chi connectivity index (χ0v) is 17.9. The van der Waals surface area contributed by atoms with Crippen LogP contribution in [0.25, 0.3) is 10.9 Å². The predicted octanol–water partition coefficient (Wildman–Crippen LogP) is 4.94. The van der Waals surface area contributed by atoms with E-state index in [0.29, 0.717) is 6.92 Å². The van der Waals surface area contributed by atoms with Gasteiger partial charge in [-0.1, -0.05) is 18.2 Å². The number of methoxy groups -OCH3 is 1. The Kier molecular flexibility index (Phi) is 4.93. The van der Waals surface area contributed by atoms with Crippen molar-refractivity contribution in [3.05, 3.63) is 59.5 Å². The van der Waals surface area contributed by atoms with Crippen molar-refractivity contribution in [2.24, 2.45) is 5.41 Å². The van der Waals surface area contributed by atoms with Gasteiger partial charge in [0.2, 0.25) is 0 Å². The molecule has 3 heterocycles. The molecule has 0 atom stereocenters. The smallest absolute Gasteiger partial charge is 0.273 e. The molecule has 2 fully saturated rings. The lowest BCUT2D eigenvalue weighted by molar-refractivity contribution is -0.127.